The molecule has 0 saturated heterocycles. The molecule has 0 aliphatic carbocycles. The minimum absolute atomic E-state index is 0. The number of aromatic amines is 2. The topological polar surface area (TPSA) is 192 Å². The Kier molecular flexibility index (Phi) is 6.12. The van der Waals surface area contributed by atoms with Crippen molar-refractivity contribution < 1.29 is 39.3 Å². The number of hydrogen-bond donors (Lipinski definition) is 1. The van der Waals surface area contributed by atoms with Crippen molar-refractivity contribution in [2.24, 2.45) is 0 Å². The molecule has 0 saturated carbocycles. The van der Waals surface area contributed by atoms with Crippen LogP contribution in [0.3, 0.4) is 0 Å². The van der Waals surface area contributed by atoms with Crippen molar-refractivity contribution in [3.05, 3.63) is 24.4 Å². The van der Waals surface area contributed by atoms with E-state index in [9.17, 15) is 0 Å². The van der Waals surface area contributed by atoms with Crippen molar-refractivity contribution >= 4 is 0 Å². The Hall–Kier alpha value is -1.69. The van der Waals surface area contributed by atoms with Gasteiger partial charge < -0.3 is 5.48 Å². The lowest BCUT2D eigenvalue weighted by Crippen LogP contribution is -2.68. The Morgan fingerprint density at radius 2 is 1.82 bits per heavy atom. The molecule has 2 heterocycles. The highest BCUT2D eigenvalue weighted by Gasteiger charge is 2.06. The Labute approximate surface area is 96.6 Å². The summed E-state index contributed by atoms with van der Waals surface area (Å²) in [5, 5.41) is 13.4. The first-order chi connectivity index (χ1) is 7.47. The molecule has 0 atom stereocenters. The van der Waals surface area contributed by atoms with Crippen molar-refractivity contribution in [2.75, 3.05) is 0 Å². The SMILES string of the molecule is O.[O-][Cl+3]([O-])([O-])[O-].c1ccc(-c2nn[nH]n2)[nH+]c1. The number of pyridine rings is 1. The Morgan fingerprint density at radius 3 is 2.24 bits per heavy atom. The van der Waals surface area contributed by atoms with Crippen LogP contribution >= 0.6 is 0 Å². The standard InChI is InChI=1S/C6H5N5.ClHO4.H2O/c1-2-4-7-5(3-1)6-8-10-11-9-6;2-1(3,4)5;/h1-4H,(H,8,9,10,11);(H,2,3,4,5);1H2. The quantitative estimate of drug-likeness (QED) is 0.530. The molecule has 0 aliphatic heterocycles. The first-order valence-electron chi connectivity index (χ1n) is 3.79. The zero-order valence-electron chi connectivity index (χ0n) is 8.16. The summed E-state index contributed by atoms with van der Waals surface area (Å²) in [6.07, 6.45) is 1.81. The third-order valence-corrected chi connectivity index (χ3v) is 1.30. The highest BCUT2D eigenvalue weighted by Crippen LogP contribution is 2.02. The maximum atomic E-state index is 8.49. The molecule has 0 spiro atoms. The van der Waals surface area contributed by atoms with E-state index in [1.54, 1.807) is 0 Å². The summed E-state index contributed by atoms with van der Waals surface area (Å²) in [6.45, 7) is 0. The van der Waals surface area contributed by atoms with E-state index in [1.807, 2.05) is 24.4 Å². The van der Waals surface area contributed by atoms with Crippen LogP contribution in [0, 0.1) is 10.2 Å². The number of rotatable bonds is 1. The van der Waals surface area contributed by atoms with Gasteiger partial charge in [-0.2, -0.15) is 5.21 Å². The van der Waals surface area contributed by atoms with Gasteiger partial charge in [-0.3, -0.25) is 0 Å². The molecular weight excluding hydrogens is 258 g/mol. The lowest BCUT2D eigenvalue weighted by molar-refractivity contribution is -2.00. The number of halogens is 1. The molecule has 11 heteroatoms. The van der Waals surface area contributed by atoms with E-state index >= 15 is 0 Å². The minimum atomic E-state index is -4.94. The van der Waals surface area contributed by atoms with Crippen LogP contribution in [-0.2, 0) is 0 Å². The van der Waals surface area contributed by atoms with Gasteiger partial charge in [0, 0.05) is 12.1 Å². The van der Waals surface area contributed by atoms with Gasteiger partial charge in [0.05, 0.1) is 0 Å². The van der Waals surface area contributed by atoms with Gasteiger partial charge in [0.2, 0.25) is 0 Å². The number of hydrogen-bond acceptors (Lipinski definition) is 7. The maximum Gasteiger partial charge on any atom is 0.268 e. The summed E-state index contributed by atoms with van der Waals surface area (Å²) in [4.78, 5) is 2.99. The molecule has 0 aliphatic rings. The van der Waals surface area contributed by atoms with Crippen LogP contribution in [0.25, 0.3) is 11.5 Å². The third-order valence-electron chi connectivity index (χ3n) is 1.30. The number of tetrazole rings is 1. The second-order valence-corrected chi connectivity index (χ2v) is 3.15. The maximum absolute atomic E-state index is 8.49. The number of aromatic nitrogens is 5. The fraction of sp³-hybridized carbons (Fsp3) is 0. The second-order valence-electron chi connectivity index (χ2n) is 2.39. The smallest absolute Gasteiger partial charge is 0.268 e. The second kappa shape index (κ2) is 6.80. The molecule has 0 bridgehead atoms. The number of nitrogens with zero attached hydrogens (tertiary/aromatic N) is 3. The van der Waals surface area contributed by atoms with E-state index in [4.69, 9.17) is 18.6 Å². The van der Waals surface area contributed by atoms with Crippen LogP contribution in [0.2, 0.25) is 0 Å². The van der Waals surface area contributed by atoms with Crippen molar-refractivity contribution in [1.29, 1.82) is 0 Å². The first kappa shape index (κ1) is 15.3. The van der Waals surface area contributed by atoms with Gasteiger partial charge in [0.1, 0.15) is 0 Å². The molecule has 2 aromatic heterocycles. The molecule has 0 fully saturated rings. The molecule has 2 aromatic rings. The van der Waals surface area contributed by atoms with Crippen LogP contribution in [0.15, 0.2) is 24.4 Å². The molecule has 0 aromatic carbocycles. The lowest BCUT2D eigenvalue weighted by atomic mass is 10.3. The van der Waals surface area contributed by atoms with E-state index in [0.29, 0.717) is 5.82 Å². The van der Waals surface area contributed by atoms with Gasteiger partial charge in [0.25, 0.3) is 11.5 Å². The zero-order valence-corrected chi connectivity index (χ0v) is 8.92. The molecule has 10 nitrogen and oxygen atoms in total. The average Bonchev–Trinajstić information content (AvgIpc) is 2.69. The van der Waals surface area contributed by atoms with E-state index in [-0.39, 0.29) is 5.48 Å². The molecule has 0 unspecified atom stereocenters. The van der Waals surface area contributed by atoms with Gasteiger partial charge in [0.15, 0.2) is 6.20 Å². The van der Waals surface area contributed by atoms with Gasteiger partial charge in [-0.25, -0.2) is 23.6 Å². The minimum Gasteiger partial charge on any atom is -0.412 e. The van der Waals surface area contributed by atoms with Crippen LogP contribution in [-0.4, -0.2) is 26.1 Å². The highest BCUT2D eigenvalue weighted by atomic mass is 35.7. The summed E-state index contributed by atoms with van der Waals surface area (Å²) in [7, 11) is -4.94. The van der Waals surface area contributed by atoms with Crippen molar-refractivity contribution in [1.82, 2.24) is 20.6 Å². The van der Waals surface area contributed by atoms with Crippen LogP contribution in [0.1, 0.15) is 0 Å². The summed E-state index contributed by atoms with van der Waals surface area (Å²) >= 11 is 0. The fourth-order valence-corrected chi connectivity index (χ4v) is 0.808. The molecular formula is C6H8ClN5O5. The Bertz CT molecular complexity index is 398. The van der Waals surface area contributed by atoms with E-state index < -0.39 is 10.2 Å². The molecule has 2 rings (SSSR count). The lowest BCUT2D eigenvalue weighted by Gasteiger charge is -2.17. The number of H-pyrrole nitrogens is 2. The van der Waals surface area contributed by atoms with Crippen molar-refractivity contribution in [2.45, 2.75) is 0 Å². The van der Waals surface area contributed by atoms with Gasteiger partial charge >= 0.3 is 0 Å². The first-order valence-corrected chi connectivity index (χ1v) is 5.02. The monoisotopic (exact) mass is 265 g/mol. The van der Waals surface area contributed by atoms with E-state index in [0.717, 1.165) is 5.69 Å². The van der Waals surface area contributed by atoms with Crippen LogP contribution in [0.5, 0.6) is 0 Å². The van der Waals surface area contributed by atoms with Gasteiger partial charge in [-0.15, -0.1) is 20.4 Å². The van der Waals surface area contributed by atoms with Crippen LogP contribution < -0.4 is 23.6 Å². The summed E-state index contributed by atoms with van der Waals surface area (Å²) in [5.74, 6) is 0.575. The predicted octanol–water partition coefficient (Wildman–Crippen LogP) is -5.90. The van der Waals surface area contributed by atoms with Gasteiger partial charge in [-0.05, 0) is 11.3 Å². The van der Waals surface area contributed by atoms with Crippen LogP contribution in [0.4, 0.5) is 0 Å². The van der Waals surface area contributed by atoms with E-state index in [2.05, 4.69) is 25.6 Å². The zero-order chi connectivity index (χ0) is 12.0. The predicted molar refractivity (Wildman–Crippen MR) is 39.8 cm³/mol. The average molecular weight is 266 g/mol. The molecule has 17 heavy (non-hydrogen) atoms. The Balaban J connectivity index is 0.000000373. The Morgan fingerprint density at radius 1 is 1.18 bits per heavy atom. The van der Waals surface area contributed by atoms with Crippen molar-refractivity contribution in [3.8, 4) is 11.5 Å². The highest BCUT2D eigenvalue weighted by molar-refractivity contribution is 5.41. The van der Waals surface area contributed by atoms with E-state index in [1.165, 1.54) is 0 Å². The molecule has 0 radical (unpaired) electrons. The molecule has 4 N–H and O–H groups in total. The van der Waals surface area contributed by atoms with Crippen molar-refractivity contribution in [3.63, 3.8) is 0 Å². The van der Waals surface area contributed by atoms with Gasteiger partial charge in [-0.1, -0.05) is 0 Å². The number of nitrogens with one attached hydrogen (secondary N) is 2. The molecule has 0 amide bonds. The summed E-state index contributed by atoms with van der Waals surface area (Å²) in [6, 6.07) is 5.68. The summed E-state index contributed by atoms with van der Waals surface area (Å²) < 4.78 is 34.0. The fourth-order valence-electron chi connectivity index (χ4n) is 0.808. The third kappa shape index (κ3) is 7.24. The molecule has 94 valence electrons. The summed E-state index contributed by atoms with van der Waals surface area (Å²) in [5.41, 5.74) is 0.848. The normalized spacial score (nSPS) is 9.88. The largest absolute Gasteiger partial charge is 0.412 e.